The normalized spacial score (nSPS) is 12.0. The SMILES string of the molecule is CCOc1ccc(C(Cl)c2ccc(OC)c(Br)c2)cc1Br. The second-order valence-corrected chi connectivity index (χ2v) is 6.52. The minimum absolute atomic E-state index is 0.237. The molecule has 0 aliphatic rings. The van der Waals surface area contributed by atoms with E-state index < -0.39 is 0 Å². The van der Waals surface area contributed by atoms with Crippen LogP contribution in [0.15, 0.2) is 45.3 Å². The fourth-order valence-electron chi connectivity index (χ4n) is 1.98. The van der Waals surface area contributed by atoms with Crippen LogP contribution in [0.5, 0.6) is 11.5 Å². The van der Waals surface area contributed by atoms with E-state index in [0.717, 1.165) is 31.6 Å². The number of alkyl halides is 1. The van der Waals surface area contributed by atoms with Crippen molar-refractivity contribution in [2.75, 3.05) is 13.7 Å². The van der Waals surface area contributed by atoms with Gasteiger partial charge in [0.25, 0.3) is 0 Å². The summed E-state index contributed by atoms with van der Waals surface area (Å²) in [5, 5.41) is -0.237. The van der Waals surface area contributed by atoms with Crippen molar-refractivity contribution >= 4 is 43.5 Å². The Kier molecular flexibility index (Phi) is 5.97. The smallest absolute Gasteiger partial charge is 0.133 e. The predicted molar refractivity (Wildman–Crippen MR) is 93.7 cm³/mol. The van der Waals surface area contributed by atoms with Crippen molar-refractivity contribution in [2.45, 2.75) is 12.3 Å². The van der Waals surface area contributed by atoms with Crippen LogP contribution in [-0.4, -0.2) is 13.7 Å². The van der Waals surface area contributed by atoms with Crippen LogP contribution in [0.4, 0.5) is 0 Å². The van der Waals surface area contributed by atoms with Crippen molar-refractivity contribution in [3.8, 4) is 11.5 Å². The van der Waals surface area contributed by atoms with Gasteiger partial charge in [-0.3, -0.25) is 0 Å². The summed E-state index contributed by atoms with van der Waals surface area (Å²) in [4.78, 5) is 0. The van der Waals surface area contributed by atoms with E-state index in [1.165, 1.54) is 0 Å². The van der Waals surface area contributed by atoms with Gasteiger partial charge < -0.3 is 9.47 Å². The van der Waals surface area contributed by atoms with E-state index in [-0.39, 0.29) is 5.38 Å². The molecule has 0 fully saturated rings. The molecule has 2 nitrogen and oxygen atoms in total. The Morgan fingerprint density at radius 3 is 1.95 bits per heavy atom. The van der Waals surface area contributed by atoms with E-state index in [2.05, 4.69) is 31.9 Å². The molecule has 0 radical (unpaired) electrons. The molecule has 5 heteroatoms. The number of benzene rings is 2. The van der Waals surface area contributed by atoms with Gasteiger partial charge in [-0.25, -0.2) is 0 Å². The van der Waals surface area contributed by atoms with Crippen molar-refractivity contribution in [3.05, 3.63) is 56.5 Å². The maximum atomic E-state index is 6.58. The fraction of sp³-hybridized carbons (Fsp3) is 0.250. The van der Waals surface area contributed by atoms with Crippen LogP contribution < -0.4 is 9.47 Å². The minimum Gasteiger partial charge on any atom is -0.496 e. The van der Waals surface area contributed by atoms with Gasteiger partial charge in [0.05, 0.1) is 28.0 Å². The number of methoxy groups -OCH3 is 1. The molecular formula is C16H15Br2ClO2. The molecule has 2 aromatic rings. The molecule has 0 aliphatic heterocycles. The molecule has 0 saturated carbocycles. The molecule has 0 bridgehead atoms. The topological polar surface area (TPSA) is 18.5 Å². The molecule has 0 amide bonds. The predicted octanol–water partition coefficient (Wildman–Crippen LogP) is 5.95. The Morgan fingerprint density at radius 2 is 1.52 bits per heavy atom. The number of hydrogen-bond donors (Lipinski definition) is 0. The molecule has 0 spiro atoms. The third-order valence-electron chi connectivity index (χ3n) is 3.02. The molecule has 21 heavy (non-hydrogen) atoms. The highest BCUT2D eigenvalue weighted by Crippen LogP contribution is 2.36. The molecule has 2 rings (SSSR count). The second-order valence-electron chi connectivity index (χ2n) is 4.38. The largest absolute Gasteiger partial charge is 0.496 e. The first-order valence-electron chi connectivity index (χ1n) is 6.46. The molecule has 112 valence electrons. The zero-order valence-electron chi connectivity index (χ0n) is 11.7. The van der Waals surface area contributed by atoms with Gasteiger partial charge in [-0.05, 0) is 74.2 Å². The Labute approximate surface area is 146 Å². The molecule has 2 aromatic carbocycles. The van der Waals surface area contributed by atoms with Crippen LogP contribution in [-0.2, 0) is 0 Å². The third-order valence-corrected chi connectivity index (χ3v) is 4.76. The van der Waals surface area contributed by atoms with Gasteiger partial charge in [0.1, 0.15) is 11.5 Å². The Bertz CT molecular complexity index is 632. The van der Waals surface area contributed by atoms with Gasteiger partial charge in [-0.2, -0.15) is 0 Å². The Balaban J connectivity index is 2.29. The van der Waals surface area contributed by atoms with E-state index >= 15 is 0 Å². The van der Waals surface area contributed by atoms with Crippen LogP contribution in [0.1, 0.15) is 23.4 Å². The zero-order valence-corrected chi connectivity index (χ0v) is 15.6. The lowest BCUT2D eigenvalue weighted by atomic mass is 10.0. The van der Waals surface area contributed by atoms with Crippen LogP contribution >= 0.6 is 43.5 Å². The second kappa shape index (κ2) is 7.52. The lowest BCUT2D eigenvalue weighted by molar-refractivity contribution is 0.338. The van der Waals surface area contributed by atoms with E-state index in [1.807, 2.05) is 43.3 Å². The van der Waals surface area contributed by atoms with Crippen LogP contribution in [0.25, 0.3) is 0 Å². The summed E-state index contributed by atoms with van der Waals surface area (Å²) in [5.74, 6) is 1.61. The molecule has 0 N–H and O–H groups in total. The first kappa shape index (κ1) is 16.7. The van der Waals surface area contributed by atoms with Gasteiger partial charge in [-0.1, -0.05) is 12.1 Å². The monoisotopic (exact) mass is 432 g/mol. The van der Waals surface area contributed by atoms with Crippen molar-refractivity contribution in [2.24, 2.45) is 0 Å². The summed E-state index contributed by atoms with van der Waals surface area (Å²) in [5.41, 5.74) is 2.00. The molecule has 0 aliphatic carbocycles. The van der Waals surface area contributed by atoms with E-state index in [4.69, 9.17) is 21.1 Å². The summed E-state index contributed by atoms with van der Waals surface area (Å²) < 4.78 is 12.5. The minimum atomic E-state index is -0.237. The Hall–Kier alpha value is -0.710. The van der Waals surface area contributed by atoms with Crippen molar-refractivity contribution in [1.82, 2.24) is 0 Å². The summed E-state index contributed by atoms with van der Waals surface area (Å²) in [7, 11) is 1.64. The lowest BCUT2D eigenvalue weighted by Crippen LogP contribution is -1.97. The number of rotatable bonds is 5. The van der Waals surface area contributed by atoms with E-state index in [0.29, 0.717) is 6.61 Å². The Morgan fingerprint density at radius 1 is 1.00 bits per heavy atom. The maximum absolute atomic E-state index is 6.58. The standard InChI is InChI=1S/C16H15Br2ClO2/c1-3-21-15-7-5-11(9-13(15)18)16(19)10-4-6-14(20-2)12(17)8-10/h4-9,16H,3H2,1-2H3. The van der Waals surface area contributed by atoms with Crippen LogP contribution in [0, 0.1) is 0 Å². The average Bonchev–Trinajstić information content (AvgIpc) is 2.48. The number of ether oxygens (including phenoxy) is 2. The zero-order chi connectivity index (χ0) is 15.4. The lowest BCUT2D eigenvalue weighted by Gasteiger charge is -2.14. The molecule has 0 aromatic heterocycles. The number of halogens is 3. The van der Waals surface area contributed by atoms with E-state index in [9.17, 15) is 0 Å². The van der Waals surface area contributed by atoms with Crippen molar-refractivity contribution in [1.29, 1.82) is 0 Å². The van der Waals surface area contributed by atoms with Crippen LogP contribution in [0.2, 0.25) is 0 Å². The summed E-state index contributed by atoms with van der Waals surface area (Å²) in [6.07, 6.45) is 0. The molecule has 1 atom stereocenters. The summed E-state index contributed by atoms with van der Waals surface area (Å²) >= 11 is 13.6. The van der Waals surface area contributed by atoms with Crippen molar-refractivity contribution in [3.63, 3.8) is 0 Å². The quantitative estimate of drug-likeness (QED) is 0.542. The van der Waals surface area contributed by atoms with Crippen LogP contribution in [0.3, 0.4) is 0 Å². The number of hydrogen-bond acceptors (Lipinski definition) is 2. The van der Waals surface area contributed by atoms with Gasteiger partial charge in [-0.15, -0.1) is 11.6 Å². The highest BCUT2D eigenvalue weighted by Gasteiger charge is 2.14. The summed E-state index contributed by atoms with van der Waals surface area (Å²) in [6, 6.07) is 11.7. The van der Waals surface area contributed by atoms with Gasteiger partial charge >= 0.3 is 0 Å². The summed E-state index contributed by atoms with van der Waals surface area (Å²) in [6.45, 7) is 2.59. The molecule has 1 unspecified atom stereocenters. The molecular weight excluding hydrogens is 419 g/mol. The third kappa shape index (κ3) is 3.93. The maximum Gasteiger partial charge on any atom is 0.133 e. The van der Waals surface area contributed by atoms with Crippen molar-refractivity contribution < 1.29 is 9.47 Å². The highest BCUT2D eigenvalue weighted by atomic mass is 79.9. The average molecular weight is 435 g/mol. The van der Waals surface area contributed by atoms with Gasteiger partial charge in [0, 0.05) is 0 Å². The molecule has 0 heterocycles. The van der Waals surface area contributed by atoms with E-state index in [1.54, 1.807) is 7.11 Å². The highest BCUT2D eigenvalue weighted by molar-refractivity contribution is 9.10. The fourth-order valence-corrected chi connectivity index (χ4v) is 3.32. The first-order chi connectivity index (χ1) is 10.1. The molecule has 0 saturated heterocycles. The van der Waals surface area contributed by atoms with Gasteiger partial charge in [0.15, 0.2) is 0 Å². The first-order valence-corrected chi connectivity index (χ1v) is 8.48. The van der Waals surface area contributed by atoms with Gasteiger partial charge in [0.2, 0.25) is 0 Å².